The zero-order valence-corrected chi connectivity index (χ0v) is 8.94. The topological polar surface area (TPSA) is 42.4 Å². The Balaban J connectivity index is 2.31. The third-order valence-corrected chi connectivity index (χ3v) is 2.76. The summed E-state index contributed by atoms with van der Waals surface area (Å²) in [6.07, 6.45) is -2.88. The number of halogens is 3. The molecule has 3 nitrogen and oxygen atoms in total. The SMILES string of the molecule is OC1CCOC(c2cnccc2C(F)(F)F)C1. The van der Waals surface area contributed by atoms with Gasteiger partial charge >= 0.3 is 6.18 Å². The molecule has 1 aliphatic rings. The van der Waals surface area contributed by atoms with E-state index in [2.05, 4.69) is 4.98 Å². The molecule has 17 heavy (non-hydrogen) atoms. The molecule has 0 saturated carbocycles. The number of hydrogen-bond donors (Lipinski definition) is 1. The largest absolute Gasteiger partial charge is 0.416 e. The van der Waals surface area contributed by atoms with Crippen LogP contribution in [-0.4, -0.2) is 22.8 Å². The quantitative estimate of drug-likeness (QED) is 0.828. The van der Waals surface area contributed by atoms with Gasteiger partial charge in [-0.25, -0.2) is 0 Å². The summed E-state index contributed by atoms with van der Waals surface area (Å²) in [5.41, 5.74) is -0.745. The minimum atomic E-state index is -4.43. The number of aliphatic hydroxyl groups excluding tert-OH is 1. The Kier molecular flexibility index (Phi) is 3.35. The molecule has 1 aromatic heterocycles. The van der Waals surface area contributed by atoms with Crippen LogP contribution in [0.2, 0.25) is 0 Å². The van der Waals surface area contributed by atoms with E-state index in [1.54, 1.807) is 0 Å². The highest BCUT2D eigenvalue weighted by Crippen LogP contribution is 2.37. The van der Waals surface area contributed by atoms with E-state index in [-0.39, 0.29) is 18.6 Å². The molecule has 1 saturated heterocycles. The lowest BCUT2D eigenvalue weighted by Gasteiger charge is -2.28. The van der Waals surface area contributed by atoms with Gasteiger partial charge in [-0.15, -0.1) is 0 Å². The predicted molar refractivity (Wildman–Crippen MR) is 53.2 cm³/mol. The number of nitrogens with zero attached hydrogens (tertiary/aromatic N) is 1. The van der Waals surface area contributed by atoms with Crippen LogP contribution in [0.4, 0.5) is 13.2 Å². The maximum Gasteiger partial charge on any atom is 0.416 e. The number of alkyl halides is 3. The van der Waals surface area contributed by atoms with Crippen molar-refractivity contribution in [2.24, 2.45) is 0 Å². The fourth-order valence-electron chi connectivity index (χ4n) is 1.92. The summed E-state index contributed by atoms with van der Waals surface area (Å²) in [7, 11) is 0. The molecular formula is C11H12F3NO2. The Morgan fingerprint density at radius 3 is 2.82 bits per heavy atom. The van der Waals surface area contributed by atoms with Crippen molar-refractivity contribution >= 4 is 0 Å². The van der Waals surface area contributed by atoms with E-state index in [0.29, 0.717) is 6.42 Å². The van der Waals surface area contributed by atoms with Crippen molar-refractivity contribution in [3.63, 3.8) is 0 Å². The van der Waals surface area contributed by atoms with Crippen LogP contribution in [0.3, 0.4) is 0 Å². The number of ether oxygens (including phenoxy) is 1. The first-order chi connectivity index (χ1) is 7.98. The molecule has 94 valence electrons. The first kappa shape index (κ1) is 12.3. The van der Waals surface area contributed by atoms with Crippen LogP contribution in [0.1, 0.15) is 30.1 Å². The fourth-order valence-corrected chi connectivity index (χ4v) is 1.92. The standard InChI is InChI=1S/C11H12F3NO2/c12-11(13,14)9-1-3-15-6-8(9)10-5-7(16)2-4-17-10/h1,3,6-7,10,16H,2,4-5H2. The minimum Gasteiger partial charge on any atom is -0.393 e. The normalized spacial score (nSPS) is 25.9. The summed E-state index contributed by atoms with van der Waals surface area (Å²) >= 11 is 0. The van der Waals surface area contributed by atoms with Gasteiger partial charge < -0.3 is 9.84 Å². The monoisotopic (exact) mass is 247 g/mol. The van der Waals surface area contributed by atoms with Crippen molar-refractivity contribution in [1.82, 2.24) is 4.98 Å². The number of aromatic nitrogens is 1. The van der Waals surface area contributed by atoms with E-state index in [1.165, 1.54) is 0 Å². The van der Waals surface area contributed by atoms with Crippen molar-refractivity contribution < 1.29 is 23.0 Å². The lowest BCUT2D eigenvalue weighted by Crippen LogP contribution is -2.25. The lowest BCUT2D eigenvalue weighted by atomic mass is 9.97. The maximum absolute atomic E-state index is 12.8. The van der Waals surface area contributed by atoms with Gasteiger partial charge in [-0.2, -0.15) is 13.2 Å². The zero-order chi connectivity index (χ0) is 12.5. The second-order valence-corrected chi connectivity index (χ2v) is 4.00. The van der Waals surface area contributed by atoms with Crippen molar-refractivity contribution in [2.75, 3.05) is 6.61 Å². The van der Waals surface area contributed by atoms with Gasteiger partial charge in [0.1, 0.15) is 0 Å². The molecule has 0 bridgehead atoms. The zero-order valence-electron chi connectivity index (χ0n) is 8.94. The third-order valence-electron chi connectivity index (χ3n) is 2.76. The molecule has 6 heteroatoms. The molecule has 2 unspecified atom stereocenters. The van der Waals surface area contributed by atoms with Crippen molar-refractivity contribution in [1.29, 1.82) is 0 Å². The molecule has 0 aromatic carbocycles. The fraction of sp³-hybridized carbons (Fsp3) is 0.545. The van der Waals surface area contributed by atoms with Crippen LogP contribution < -0.4 is 0 Å². The molecule has 2 rings (SSSR count). The molecular weight excluding hydrogens is 235 g/mol. The minimum absolute atomic E-state index is 0.00116. The molecule has 0 amide bonds. The van der Waals surface area contributed by atoms with Crippen LogP contribution >= 0.6 is 0 Å². The van der Waals surface area contributed by atoms with E-state index < -0.39 is 23.9 Å². The van der Waals surface area contributed by atoms with Gasteiger partial charge in [-0.05, 0) is 12.5 Å². The highest BCUT2D eigenvalue weighted by Gasteiger charge is 2.36. The predicted octanol–water partition coefficient (Wildman–Crippen LogP) is 2.31. The van der Waals surface area contributed by atoms with E-state index in [1.807, 2.05) is 0 Å². The van der Waals surface area contributed by atoms with Crippen LogP contribution in [-0.2, 0) is 10.9 Å². The van der Waals surface area contributed by atoms with Gasteiger partial charge in [0.2, 0.25) is 0 Å². The molecule has 2 atom stereocenters. The molecule has 2 heterocycles. The summed E-state index contributed by atoms with van der Waals surface area (Å²) in [4.78, 5) is 3.70. The number of rotatable bonds is 1. The van der Waals surface area contributed by atoms with Crippen LogP contribution in [0.5, 0.6) is 0 Å². The van der Waals surface area contributed by atoms with E-state index in [0.717, 1.165) is 18.5 Å². The Hall–Kier alpha value is -1.14. The van der Waals surface area contributed by atoms with Gasteiger partial charge in [-0.1, -0.05) is 0 Å². The summed E-state index contributed by atoms with van der Waals surface area (Å²) < 4.78 is 43.5. The second kappa shape index (κ2) is 4.62. The molecule has 1 aliphatic heterocycles. The van der Waals surface area contributed by atoms with Gasteiger partial charge in [-0.3, -0.25) is 4.98 Å². The summed E-state index contributed by atoms with van der Waals surface area (Å²) in [6.45, 7) is 0.262. The molecule has 0 radical (unpaired) electrons. The Morgan fingerprint density at radius 1 is 1.41 bits per heavy atom. The first-order valence-corrected chi connectivity index (χ1v) is 5.29. The van der Waals surface area contributed by atoms with E-state index >= 15 is 0 Å². The van der Waals surface area contributed by atoms with E-state index in [9.17, 15) is 18.3 Å². The van der Waals surface area contributed by atoms with Gasteiger partial charge in [0.05, 0.1) is 17.8 Å². The van der Waals surface area contributed by atoms with Crippen LogP contribution in [0.15, 0.2) is 18.5 Å². The smallest absolute Gasteiger partial charge is 0.393 e. The third kappa shape index (κ3) is 2.76. The Bertz CT molecular complexity index is 395. The maximum atomic E-state index is 12.8. The van der Waals surface area contributed by atoms with Crippen molar-refractivity contribution in [3.8, 4) is 0 Å². The van der Waals surface area contributed by atoms with Crippen molar-refractivity contribution in [2.45, 2.75) is 31.2 Å². The molecule has 0 spiro atoms. The summed E-state index contributed by atoms with van der Waals surface area (Å²) in [6, 6.07) is 0.930. The molecule has 1 fully saturated rings. The van der Waals surface area contributed by atoms with Gasteiger partial charge in [0.25, 0.3) is 0 Å². The molecule has 1 aromatic rings. The second-order valence-electron chi connectivity index (χ2n) is 4.00. The van der Waals surface area contributed by atoms with Crippen LogP contribution in [0.25, 0.3) is 0 Å². The number of hydrogen-bond acceptors (Lipinski definition) is 3. The Morgan fingerprint density at radius 2 is 2.18 bits per heavy atom. The highest BCUT2D eigenvalue weighted by atomic mass is 19.4. The van der Waals surface area contributed by atoms with Gasteiger partial charge in [0.15, 0.2) is 0 Å². The molecule has 1 N–H and O–H groups in total. The van der Waals surface area contributed by atoms with Crippen molar-refractivity contribution in [3.05, 3.63) is 29.6 Å². The van der Waals surface area contributed by atoms with Gasteiger partial charge in [0, 0.05) is 31.0 Å². The first-order valence-electron chi connectivity index (χ1n) is 5.29. The summed E-state index contributed by atoms with van der Waals surface area (Å²) in [5, 5.41) is 9.45. The number of aliphatic hydroxyl groups is 1. The lowest BCUT2D eigenvalue weighted by molar-refractivity contribution is -0.140. The Labute approximate surface area is 96.2 Å². The van der Waals surface area contributed by atoms with E-state index in [4.69, 9.17) is 4.74 Å². The average molecular weight is 247 g/mol. The summed E-state index contributed by atoms with van der Waals surface area (Å²) in [5.74, 6) is 0. The number of pyridine rings is 1. The average Bonchev–Trinajstić information content (AvgIpc) is 2.28. The van der Waals surface area contributed by atoms with Crippen LogP contribution in [0, 0.1) is 0 Å². The molecule has 0 aliphatic carbocycles. The highest BCUT2D eigenvalue weighted by molar-refractivity contribution is 5.28.